The van der Waals surface area contributed by atoms with E-state index < -0.39 is 5.82 Å². The highest BCUT2D eigenvalue weighted by atomic mass is 35.5. The highest BCUT2D eigenvalue weighted by molar-refractivity contribution is 6.35. The molecule has 0 bridgehead atoms. The molecule has 0 spiro atoms. The molecule has 17 heavy (non-hydrogen) atoms. The maximum Gasteiger partial charge on any atom is 0.251 e. The van der Waals surface area contributed by atoms with E-state index in [-0.39, 0.29) is 12.1 Å². The predicted octanol–water partition coefficient (Wildman–Crippen LogP) is 3.34. The van der Waals surface area contributed by atoms with Crippen LogP contribution in [0.3, 0.4) is 0 Å². The first kappa shape index (κ1) is 12.1. The van der Waals surface area contributed by atoms with Gasteiger partial charge in [0.15, 0.2) is 0 Å². The zero-order valence-electron chi connectivity index (χ0n) is 8.66. The van der Waals surface area contributed by atoms with Crippen LogP contribution in [-0.2, 0) is 6.54 Å². The summed E-state index contributed by atoms with van der Waals surface area (Å²) in [7, 11) is 0. The summed E-state index contributed by atoms with van der Waals surface area (Å²) < 4.78 is 14.2. The molecule has 2 aromatic rings. The average Bonchev–Trinajstić information content (AvgIpc) is 2.28. The molecule has 0 atom stereocenters. The van der Waals surface area contributed by atoms with Gasteiger partial charge in [-0.3, -0.25) is 4.79 Å². The summed E-state index contributed by atoms with van der Waals surface area (Å²) in [5.74, 6) is -0.479. The lowest BCUT2D eigenvalue weighted by atomic mass is 10.2. The quantitative estimate of drug-likeness (QED) is 0.821. The van der Waals surface area contributed by atoms with Gasteiger partial charge in [0.1, 0.15) is 5.82 Å². The first-order chi connectivity index (χ1) is 8.08. The van der Waals surface area contributed by atoms with Crippen LogP contribution in [0.15, 0.2) is 41.3 Å². The van der Waals surface area contributed by atoms with E-state index in [0.717, 1.165) is 12.3 Å². The number of hydrogen-bond acceptors (Lipinski definition) is 1. The van der Waals surface area contributed by atoms with E-state index in [1.54, 1.807) is 18.2 Å². The van der Waals surface area contributed by atoms with Crippen LogP contribution in [0.4, 0.5) is 4.39 Å². The molecule has 0 aliphatic carbocycles. The molecule has 0 saturated carbocycles. The fourth-order valence-corrected chi connectivity index (χ4v) is 2.00. The van der Waals surface area contributed by atoms with Gasteiger partial charge < -0.3 is 4.57 Å². The van der Waals surface area contributed by atoms with Crippen molar-refractivity contribution in [2.75, 3.05) is 0 Å². The highest BCUT2D eigenvalue weighted by Crippen LogP contribution is 2.24. The summed E-state index contributed by atoms with van der Waals surface area (Å²) in [5, 5.41) is 0.905. The third kappa shape index (κ3) is 2.68. The average molecular weight is 272 g/mol. The maximum atomic E-state index is 13.0. The van der Waals surface area contributed by atoms with E-state index in [1.165, 1.54) is 10.6 Å². The second-order valence-corrected chi connectivity index (χ2v) is 4.33. The number of rotatable bonds is 2. The first-order valence-corrected chi connectivity index (χ1v) is 5.62. The second-order valence-electron chi connectivity index (χ2n) is 3.51. The van der Waals surface area contributed by atoms with Crippen LogP contribution in [0.2, 0.25) is 10.0 Å². The van der Waals surface area contributed by atoms with Gasteiger partial charge in [0.25, 0.3) is 5.56 Å². The Morgan fingerprint density at radius 1 is 1.12 bits per heavy atom. The zero-order chi connectivity index (χ0) is 12.4. The Kier molecular flexibility index (Phi) is 3.50. The van der Waals surface area contributed by atoms with Crippen molar-refractivity contribution < 1.29 is 4.39 Å². The monoisotopic (exact) mass is 271 g/mol. The van der Waals surface area contributed by atoms with Crippen molar-refractivity contribution in [3.8, 4) is 0 Å². The van der Waals surface area contributed by atoms with Crippen molar-refractivity contribution in [1.29, 1.82) is 0 Å². The number of pyridine rings is 1. The fraction of sp³-hybridized carbons (Fsp3) is 0.0833. The normalized spacial score (nSPS) is 10.5. The number of aromatic nitrogens is 1. The van der Waals surface area contributed by atoms with Crippen LogP contribution in [0.5, 0.6) is 0 Å². The van der Waals surface area contributed by atoms with Gasteiger partial charge in [-0.1, -0.05) is 29.3 Å². The molecule has 0 aliphatic heterocycles. The van der Waals surface area contributed by atoms with Crippen LogP contribution in [-0.4, -0.2) is 4.57 Å². The molecule has 5 heteroatoms. The fourth-order valence-electron chi connectivity index (χ4n) is 1.48. The summed E-state index contributed by atoms with van der Waals surface area (Å²) in [6, 6.07) is 7.34. The molecule has 1 aromatic heterocycles. The van der Waals surface area contributed by atoms with E-state index in [9.17, 15) is 9.18 Å². The summed E-state index contributed by atoms with van der Waals surface area (Å²) in [4.78, 5) is 11.5. The van der Waals surface area contributed by atoms with Gasteiger partial charge in [-0.15, -0.1) is 0 Å². The molecule has 88 valence electrons. The van der Waals surface area contributed by atoms with Gasteiger partial charge >= 0.3 is 0 Å². The van der Waals surface area contributed by atoms with Gasteiger partial charge in [0.05, 0.1) is 6.54 Å². The smallest absolute Gasteiger partial charge is 0.251 e. The van der Waals surface area contributed by atoms with Crippen molar-refractivity contribution in [2.45, 2.75) is 6.54 Å². The minimum Gasteiger partial charge on any atom is -0.308 e. The lowest BCUT2D eigenvalue weighted by Crippen LogP contribution is -2.19. The number of hydrogen-bond donors (Lipinski definition) is 0. The van der Waals surface area contributed by atoms with Crippen molar-refractivity contribution in [3.63, 3.8) is 0 Å². The number of nitrogens with zero attached hydrogens (tertiary/aromatic N) is 1. The third-order valence-electron chi connectivity index (χ3n) is 2.34. The topological polar surface area (TPSA) is 22.0 Å². The Morgan fingerprint density at radius 2 is 1.76 bits per heavy atom. The van der Waals surface area contributed by atoms with Crippen LogP contribution < -0.4 is 5.56 Å². The molecule has 2 rings (SSSR count). The van der Waals surface area contributed by atoms with Gasteiger partial charge in [-0.25, -0.2) is 4.39 Å². The largest absolute Gasteiger partial charge is 0.308 e. The van der Waals surface area contributed by atoms with Crippen molar-refractivity contribution in [2.24, 2.45) is 0 Å². The maximum absolute atomic E-state index is 13.0. The summed E-state index contributed by atoms with van der Waals surface area (Å²) in [5.41, 5.74) is 0.297. The van der Waals surface area contributed by atoms with E-state index in [4.69, 9.17) is 23.2 Å². The molecule has 1 heterocycles. The van der Waals surface area contributed by atoms with Gasteiger partial charge in [0, 0.05) is 27.9 Å². The molecule has 0 N–H and O–H groups in total. The van der Waals surface area contributed by atoms with Crippen LogP contribution in [0.25, 0.3) is 0 Å². The van der Waals surface area contributed by atoms with E-state index in [1.807, 2.05) is 0 Å². The van der Waals surface area contributed by atoms with Crippen LogP contribution in [0.1, 0.15) is 5.56 Å². The molecule has 0 radical (unpaired) electrons. The molecule has 0 fully saturated rings. The number of benzene rings is 1. The van der Waals surface area contributed by atoms with Gasteiger partial charge in [-0.05, 0) is 18.2 Å². The summed E-state index contributed by atoms with van der Waals surface area (Å²) in [6.45, 7) is 0.148. The highest BCUT2D eigenvalue weighted by Gasteiger charge is 2.07. The Hall–Kier alpha value is -1.32. The van der Waals surface area contributed by atoms with Crippen molar-refractivity contribution in [3.05, 3.63) is 68.3 Å². The standard InChI is InChI=1S/C12H8Cl2FNO/c13-10-2-1-3-11(14)9(10)7-16-6-8(15)4-5-12(16)17/h1-6H,7H2. The van der Waals surface area contributed by atoms with Crippen molar-refractivity contribution >= 4 is 23.2 Å². The second kappa shape index (κ2) is 4.90. The molecule has 0 amide bonds. The van der Waals surface area contributed by atoms with E-state index in [2.05, 4.69) is 0 Å². The van der Waals surface area contributed by atoms with Crippen molar-refractivity contribution in [1.82, 2.24) is 4.57 Å². The van der Waals surface area contributed by atoms with E-state index >= 15 is 0 Å². The Balaban J connectivity index is 2.45. The lowest BCUT2D eigenvalue weighted by Gasteiger charge is -2.09. The molecule has 0 aliphatic rings. The molecule has 0 saturated heterocycles. The summed E-state index contributed by atoms with van der Waals surface area (Å²) >= 11 is 12.0. The van der Waals surface area contributed by atoms with Gasteiger partial charge in [0.2, 0.25) is 0 Å². The first-order valence-electron chi connectivity index (χ1n) is 4.87. The molecule has 1 aromatic carbocycles. The SMILES string of the molecule is O=c1ccc(F)cn1Cc1c(Cl)cccc1Cl. The lowest BCUT2D eigenvalue weighted by molar-refractivity contribution is 0.595. The molecular weight excluding hydrogens is 264 g/mol. The Labute approximate surface area is 107 Å². The predicted molar refractivity (Wildman–Crippen MR) is 66.2 cm³/mol. The van der Waals surface area contributed by atoms with E-state index in [0.29, 0.717) is 15.6 Å². The van der Waals surface area contributed by atoms with Gasteiger partial charge in [-0.2, -0.15) is 0 Å². The third-order valence-corrected chi connectivity index (χ3v) is 3.05. The summed E-state index contributed by atoms with van der Waals surface area (Å²) in [6.07, 6.45) is 1.13. The number of halogens is 3. The van der Waals surface area contributed by atoms with Crippen LogP contribution in [0, 0.1) is 5.82 Å². The minimum absolute atomic E-state index is 0.148. The molecule has 2 nitrogen and oxygen atoms in total. The zero-order valence-corrected chi connectivity index (χ0v) is 10.2. The minimum atomic E-state index is -0.479. The Bertz CT molecular complexity index is 589. The molecule has 0 unspecified atom stereocenters. The Morgan fingerprint density at radius 3 is 2.41 bits per heavy atom. The van der Waals surface area contributed by atoms with Crippen LogP contribution >= 0.6 is 23.2 Å². The molecular formula is C12H8Cl2FNO.